The SMILES string of the molecule is CCCC(C)CC(=O)C(C)c1ccccc1. The number of benzene rings is 1. The first-order valence-electron chi connectivity index (χ1n) is 6.22. The van der Waals surface area contributed by atoms with Gasteiger partial charge in [-0.25, -0.2) is 0 Å². The molecular weight excluding hydrogens is 196 g/mol. The molecule has 0 heterocycles. The van der Waals surface area contributed by atoms with Gasteiger partial charge >= 0.3 is 0 Å². The van der Waals surface area contributed by atoms with E-state index >= 15 is 0 Å². The molecule has 0 amide bonds. The van der Waals surface area contributed by atoms with Crippen LogP contribution >= 0.6 is 0 Å². The zero-order valence-corrected chi connectivity index (χ0v) is 10.6. The lowest BCUT2D eigenvalue weighted by Crippen LogP contribution is -2.12. The van der Waals surface area contributed by atoms with Gasteiger partial charge in [0.05, 0.1) is 0 Å². The number of rotatable bonds is 6. The minimum Gasteiger partial charge on any atom is -0.299 e. The van der Waals surface area contributed by atoms with Crippen LogP contribution in [0.2, 0.25) is 0 Å². The third kappa shape index (κ3) is 3.80. The van der Waals surface area contributed by atoms with Crippen molar-refractivity contribution in [3.63, 3.8) is 0 Å². The van der Waals surface area contributed by atoms with Crippen LogP contribution in [0.25, 0.3) is 0 Å². The summed E-state index contributed by atoms with van der Waals surface area (Å²) in [4.78, 5) is 12.0. The molecule has 0 aliphatic heterocycles. The molecule has 2 unspecified atom stereocenters. The molecule has 0 radical (unpaired) electrons. The number of Topliss-reactive ketones (excluding diaryl/α,β-unsaturated/α-hetero) is 1. The predicted molar refractivity (Wildman–Crippen MR) is 68.6 cm³/mol. The fraction of sp³-hybridized carbons (Fsp3) is 0.533. The van der Waals surface area contributed by atoms with E-state index in [0.717, 1.165) is 18.4 Å². The Balaban J connectivity index is 2.55. The average Bonchev–Trinajstić information content (AvgIpc) is 2.29. The highest BCUT2D eigenvalue weighted by atomic mass is 16.1. The molecule has 0 N–H and O–H groups in total. The van der Waals surface area contributed by atoms with E-state index in [1.807, 2.05) is 37.3 Å². The molecule has 0 aliphatic carbocycles. The molecule has 16 heavy (non-hydrogen) atoms. The zero-order valence-electron chi connectivity index (χ0n) is 10.6. The Bertz CT molecular complexity index is 315. The Morgan fingerprint density at radius 1 is 1.19 bits per heavy atom. The lowest BCUT2D eigenvalue weighted by Gasteiger charge is -2.14. The van der Waals surface area contributed by atoms with E-state index in [1.165, 1.54) is 0 Å². The monoisotopic (exact) mass is 218 g/mol. The third-order valence-corrected chi connectivity index (χ3v) is 3.11. The molecule has 0 bridgehead atoms. The Morgan fingerprint density at radius 3 is 2.38 bits per heavy atom. The predicted octanol–water partition coefficient (Wildman–Crippen LogP) is 4.19. The summed E-state index contributed by atoms with van der Waals surface area (Å²) < 4.78 is 0. The molecule has 1 aromatic rings. The van der Waals surface area contributed by atoms with Crippen molar-refractivity contribution >= 4 is 5.78 Å². The maximum Gasteiger partial charge on any atom is 0.140 e. The van der Waals surface area contributed by atoms with Crippen molar-refractivity contribution in [1.82, 2.24) is 0 Å². The molecular formula is C15H22O. The number of carbonyl (C=O) groups excluding carboxylic acids is 1. The Labute approximate surface area is 98.9 Å². The van der Waals surface area contributed by atoms with Gasteiger partial charge in [-0.15, -0.1) is 0 Å². The van der Waals surface area contributed by atoms with E-state index in [0.29, 0.717) is 18.1 Å². The van der Waals surface area contributed by atoms with Crippen LogP contribution in [0.5, 0.6) is 0 Å². The summed E-state index contributed by atoms with van der Waals surface area (Å²) in [6, 6.07) is 10.0. The van der Waals surface area contributed by atoms with Crippen LogP contribution in [0.4, 0.5) is 0 Å². The van der Waals surface area contributed by atoms with Crippen molar-refractivity contribution < 1.29 is 4.79 Å². The summed E-state index contributed by atoms with van der Waals surface area (Å²) in [6.45, 7) is 6.34. The molecule has 1 heteroatoms. The van der Waals surface area contributed by atoms with Crippen LogP contribution in [-0.2, 0) is 4.79 Å². The van der Waals surface area contributed by atoms with Crippen molar-refractivity contribution in [3.8, 4) is 0 Å². The standard InChI is InChI=1S/C15H22O/c1-4-8-12(2)11-15(16)13(3)14-9-6-5-7-10-14/h5-7,9-10,12-13H,4,8,11H2,1-3H3. The molecule has 0 aliphatic rings. The number of hydrogen-bond donors (Lipinski definition) is 0. The fourth-order valence-corrected chi connectivity index (χ4v) is 2.04. The van der Waals surface area contributed by atoms with Gasteiger partial charge in [0.1, 0.15) is 5.78 Å². The van der Waals surface area contributed by atoms with E-state index in [9.17, 15) is 4.79 Å². The highest BCUT2D eigenvalue weighted by molar-refractivity contribution is 5.85. The molecule has 0 aromatic heterocycles. The third-order valence-electron chi connectivity index (χ3n) is 3.11. The van der Waals surface area contributed by atoms with E-state index in [2.05, 4.69) is 13.8 Å². The maximum atomic E-state index is 12.0. The first kappa shape index (κ1) is 13.0. The van der Waals surface area contributed by atoms with Crippen LogP contribution in [-0.4, -0.2) is 5.78 Å². The van der Waals surface area contributed by atoms with Gasteiger partial charge < -0.3 is 0 Å². The smallest absolute Gasteiger partial charge is 0.140 e. The normalized spacial score (nSPS) is 14.4. The van der Waals surface area contributed by atoms with E-state index in [4.69, 9.17) is 0 Å². The second-order valence-electron chi connectivity index (χ2n) is 4.70. The van der Waals surface area contributed by atoms with Gasteiger partial charge in [0.15, 0.2) is 0 Å². The van der Waals surface area contributed by atoms with Gasteiger partial charge in [0.25, 0.3) is 0 Å². The summed E-state index contributed by atoms with van der Waals surface area (Å²) in [5, 5.41) is 0. The van der Waals surface area contributed by atoms with Crippen molar-refractivity contribution in [2.24, 2.45) is 5.92 Å². The van der Waals surface area contributed by atoms with Gasteiger partial charge in [-0.05, 0) is 11.5 Å². The molecule has 88 valence electrons. The quantitative estimate of drug-likeness (QED) is 0.700. The molecule has 1 aromatic carbocycles. The van der Waals surface area contributed by atoms with Gasteiger partial charge in [0.2, 0.25) is 0 Å². The summed E-state index contributed by atoms with van der Waals surface area (Å²) in [6.07, 6.45) is 3.02. The Kier molecular flexibility index (Phi) is 5.24. The molecule has 1 rings (SSSR count). The number of carbonyl (C=O) groups is 1. The van der Waals surface area contributed by atoms with E-state index in [-0.39, 0.29) is 5.92 Å². The van der Waals surface area contributed by atoms with Crippen molar-refractivity contribution in [3.05, 3.63) is 35.9 Å². The maximum absolute atomic E-state index is 12.0. The highest BCUT2D eigenvalue weighted by Gasteiger charge is 2.16. The Hall–Kier alpha value is -1.11. The van der Waals surface area contributed by atoms with Crippen molar-refractivity contribution in [1.29, 1.82) is 0 Å². The number of hydrogen-bond acceptors (Lipinski definition) is 1. The summed E-state index contributed by atoms with van der Waals surface area (Å²) in [5.74, 6) is 0.927. The molecule has 0 saturated carbocycles. The first-order valence-corrected chi connectivity index (χ1v) is 6.22. The summed E-state index contributed by atoms with van der Waals surface area (Å²) in [5.41, 5.74) is 1.14. The second-order valence-corrected chi connectivity index (χ2v) is 4.70. The van der Waals surface area contributed by atoms with Gasteiger partial charge in [-0.2, -0.15) is 0 Å². The minimum atomic E-state index is 0.0421. The van der Waals surface area contributed by atoms with Crippen LogP contribution < -0.4 is 0 Å². The minimum absolute atomic E-state index is 0.0421. The van der Waals surface area contributed by atoms with Crippen molar-refractivity contribution in [2.75, 3.05) is 0 Å². The lowest BCUT2D eigenvalue weighted by atomic mass is 9.89. The highest BCUT2D eigenvalue weighted by Crippen LogP contribution is 2.21. The molecule has 0 saturated heterocycles. The summed E-state index contributed by atoms with van der Waals surface area (Å²) in [7, 11) is 0. The van der Waals surface area contributed by atoms with E-state index in [1.54, 1.807) is 0 Å². The zero-order chi connectivity index (χ0) is 12.0. The average molecular weight is 218 g/mol. The largest absolute Gasteiger partial charge is 0.299 e. The molecule has 0 fully saturated rings. The van der Waals surface area contributed by atoms with Crippen LogP contribution in [0.3, 0.4) is 0 Å². The van der Waals surface area contributed by atoms with Gasteiger partial charge in [0, 0.05) is 12.3 Å². The molecule has 2 atom stereocenters. The summed E-state index contributed by atoms with van der Waals surface area (Å²) >= 11 is 0. The molecule has 1 nitrogen and oxygen atoms in total. The fourth-order valence-electron chi connectivity index (χ4n) is 2.04. The number of ketones is 1. The first-order chi connectivity index (χ1) is 7.65. The van der Waals surface area contributed by atoms with E-state index < -0.39 is 0 Å². The molecule has 0 spiro atoms. The topological polar surface area (TPSA) is 17.1 Å². The van der Waals surface area contributed by atoms with Gasteiger partial charge in [-0.3, -0.25) is 4.79 Å². The Morgan fingerprint density at radius 2 is 1.81 bits per heavy atom. The lowest BCUT2D eigenvalue weighted by molar-refractivity contribution is -0.121. The van der Waals surface area contributed by atoms with Crippen LogP contribution in [0, 0.1) is 5.92 Å². The van der Waals surface area contributed by atoms with Crippen LogP contribution in [0.15, 0.2) is 30.3 Å². The van der Waals surface area contributed by atoms with Crippen LogP contribution in [0.1, 0.15) is 51.5 Å². The van der Waals surface area contributed by atoms with Crippen molar-refractivity contribution in [2.45, 2.75) is 46.0 Å². The van der Waals surface area contributed by atoms with Gasteiger partial charge in [-0.1, -0.05) is 63.9 Å². The second kappa shape index (κ2) is 6.47.